The Bertz CT molecular complexity index is 448. The third kappa shape index (κ3) is 4.10. The number of aromatic nitrogens is 1. The van der Waals surface area contributed by atoms with E-state index in [-0.39, 0.29) is 17.7 Å². The number of aryl methyl sites for hydroxylation is 1. The van der Waals surface area contributed by atoms with Crippen molar-refractivity contribution in [2.24, 2.45) is 5.41 Å². The molecule has 1 aromatic heterocycles. The van der Waals surface area contributed by atoms with Gasteiger partial charge in [0, 0.05) is 6.04 Å². The third-order valence-electron chi connectivity index (χ3n) is 2.57. The highest BCUT2D eigenvalue weighted by Gasteiger charge is 2.29. The number of thiazole rings is 1. The molecule has 6 heteroatoms. The molecule has 5 nitrogen and oxygen atoms in total. The quantitative estimate of drug-likeness (QED) is 0.877. The van der Waals surface area contributed by atoms with E-state index in [0.717, 1.165) is 5.01 Å². The second kappa shape index (κ2) is 5.48. The molecule has 100 valence electrons. The van der Waals surface area contributed by atoms with E-state index in [1.54, 1.807) is 0 Å². The van der Waals surface area contributed by atoms with Crippen molar-refractivity contribution in [3.05, 3.63) is 16.1 Å². The number of nitrogens with one attached hydrogen (secondary N) is 1. The summed E-state index contributed by atoms with van der Waals surface area (Å²) in [5.74, 6) is -1.18. The van der Waals surface area contributed by atoms with Crippen molar-refractivity contribution in [1.29, 1.82) is 0 Å². The normalized spacial score (nSPS) is 13.1. The number of carbonyl (C=O) groups excluding carboxylic acids is 1. The van der Waals surface area contributed by atoms with Crippen molar-refractivity contribution in [2.45, 2.75) is 40.2 Å². The fourth-order valence-electron chi connectivity index (χ4n) is 1.44. The number of aliphatic carboxylic acids is 1. The Morgan fingerprint density at radius 1 is 1.50 bits per heavy atom. The van der Waals surface area contributed by atoms with Gasteiger partial charge in [0.25, 0.3) is 5.91 Å². The summed E-state index contributed by atoms with van der Waals surface area (Å²) in [5.41, 5.74) is -0.312. The average Bonchev–Trinajstić information content (AvgIpc) is 2.61. The van der Waals surface area contributed by atoms with E-state index in [1.165, 1.54) is 17.5 Å². The van der Waals surface area contributed by atoms with Gasteiger partial charge in [-0.15, -0.1) is 11.3 Å². The van der Waals surface area contributed by atoms with Crippen LogP contribution in [0.3, 0.4) is 0 Å². The van der Waals surface area contributed by atoms with E-state index in [9.17, 15) is 9.59 Å². The first kappa shape index (κ1) is 14.6. The number of nitrogens with zero attached hydrogens (tertiary/aromatic N) is 1. The summed E-state index contributed by atoms with van der Waals surface area (Å²) in [6.45, 7) is 7.52. The Kier molecular flexibility index (Phi) is 4.45. The molecule has 1 amide bonds. The van der Waals surface area contributed by atoms with Crippen LogP contribution in [-0.2, 0) is 4.79 Å². The molecule has 1 atom stereocenters. The number of carboxylic acid groups (broad SMARTS) is 1. The van der Waals surface area contributed by atoms with Crippen LogP contribution in [-0.4, -0.2) is 28.0 Å². The third-order valence-corrected chi connectivity index (χ3v) is 3.49. The molecule has 1 aromatic rings. The predicted molar refractivity (Wildman–Crippen MR) is 69.8 cm³/mol. The van der Waals surface area contributed by atoms with E-state index in [2.05, 4.69) is 10.3 Å². The molecule has 2 N–H and O–H groups in total. The van der Waals surface area contributed by atoms with Crippen molar-refractivity contribution >= 4 is 23.2 Å². The van der Waals surface area contributed by atoms with Crippen LogP contribution in [0.2, 0.25) is 0 Å². The van der Waals surface area contributed by atoms with E-state index in [1.807, 2.05) is 27.7 Å². The highest BCUT2D eigenvalue weighted by molar-refractivity contribution is 7.13. The average molecular weight is 270 g/mol. The molecule has 18 heavy (non-hydrogen) atoms. The Hall–Kier alpha value is -1.43. The molecule has 0 aromatic carbocycles. The fraction of sp³-hybridized carbons (Fsp3) is 0.583. The van der Waals surface area contributed by atoms with Crippen LogP contribution in [0.15, 0.2) is 6.20 Å². The molecule has 0 bridgehead atoms. The van der Waals surface area contributed by atoms with Crippen LogP contribution in [0.5, 0.6) is 0 Å². The van der Waals surface area contributed by atoms with Gasteiger partial charge in [0.1, 0.15) is 4.88 Å². The maximum absolute atomic E-state index is 12.0. The van der Waals surface area contributed by atoms with Crippen molar-refractivity contribution in [3.63, 3.8) is 0 Å². The van der Waals surface area contributed by atoms with Crippen molar-refractivity contribution in [2.75, 3.05) is 0 Å². The van der Waals surface area contributed by atoms with Crippen LogP contribution in [0, 0.1) is 12.3 Å². The Labute approximate surface area is 110 Å². The van der Waals surface area contributed by atoms with E-state index < -0.39 is 12.0 Å². The zero-order valence-electron chi connectivity index (χ0n) is 11.0. The van der Waals surface area contributed by atoms with Gasteiger partial charge in [-0.3, -0.25) is 9.59 Å². The smallest absolute Gasteiger partial charge is 0.305 e. The van der Waals surface area contributed by atoms with Crippen molar-refractivity contribution in [1.82, 2.24) is 10.3 Å². The lowest BCUT2D eigenvalue weighted by atomic mass is 9.84. The second-order valence-electron chi connectivity index (χ2n) is 5.23. The maximum Gasteiger partial charge on any atom is 0.305 e. The monoisotopic (exact) mass is 270 g/mol. The minimum Gasteiger partial charge on any atom is -0.481 e. The van der Waals surface area contributed by atoms with E-state index in [4.69, 9.17) is 5.11 Å². The first-order chi connectivity index (χ1) is 8.20. The predicted octanol–water partition coefficient (Wildman–Crippen LogP) is 2.07. The highest BCUT2D eigenvalue weighted by Crippen LogP contribution is 2.23. The zero-order valence-corrected chi connectivity index (χ0v) is 11.8. The molecule has 0 spiro atoms. The van der Waals surface area contributed by atoms with Gasteiger partial charge in [-0.05, 0) is 12.3 Å². The SMILES string of the molecule is Cc1ncc(C(=O)NC(CC(=O)O)C(C)(C)C)s1. The summed E-state index contributed by atoms with van der Waals surface area (Å²) in [7, 11) is 0. The molecule has 1 heterocycles. The molecule has 0 radical (unpaired) electrons. The second-order valence-corrected chi connectivity index (χ2v) is 6.47. The lowest BCUT2D eigenvalue weighted by Gasteiger charge is -2.30. The number of carboxylic acids is 1. The molecule has 1 unspecified atom stereocenters. The number of amides is 1. The molecule has 0 aliphatic carbocycles. The first-order valence-corrected chi connectivity index (χ1v) is 6.47. The van der Waals surface area contributed by atoms with Gasteiger partial charge in [-0.1, -0.05) is 20.8 Å². The largest absolute Gasteiger partial charge is 0.481 e. The molecule has 0 saturated heterocycles. The first-order valence-electron chi connectivity index (χ1n) is 5.65. The topological polar surface area (TPSA) is 79.3 Å². The standard InChI is InChI=1S/C12H18N2O3S/c1-7-13-6-8(18-7)11(17)14-9(5-10(15)16)12(2,3)4/h6,9H,5H2,1-4H3,(H,14,17)(H,15,16). The van der Waals surface area contributed by atoms with Gasteiger partial charge in [0.2, 0.25) is 0 Å². The lowest BCUT2D eigenvalue weighted by molar-refractivity contribution is -0.138. The van der Waals surface area contributed by atoms with E-state index in [0.29, 0.717) is 4.88 Å². The Balaban J connectivity index is 2.78. The minimum absolute atomic E-state index is 0.0903. The summed E-state index contributed by atoms with van der Waals surface area (Å²) in [4.78, 5) is 27.3. The highest BCUT2D eigenvalue weighted by atomic mass is 32.1. The van der Waals surface area contributed by atoms with Crippen LogP contribution >= 0.6 is 11.3 Å². The summed E-state index contributed by atoms with van der Waals surface area (Å²) >= 11 is 1.30. The molecular formula is C12H18N2O3S. The van der Waals surface area contributed by atoms with Crippen LogP contribution in [0.25, 0.3) is 0 Å². The maximum atomic E-state index is 12.0. The number of hydrogen-bond donors (Lipinski definition) is 2. The van der Waals surface area contributed by atoms with Crippen molar-refractivity contribution in [3.8, 4) is 0 Å². The number of rotatable bonds is 4. The lowest BCUT2D eigenvalue weighted by Crippen LogP contribution is -2.44. The van der Waals surface area contributed by atoms with Gasteiger partial charge in [-0.2, -0.15) is 0 Å². The summed E-state index contributed by atoms with van der Waals surface area (Å²) in [5, 5.41) is 12.5. The summed E-state index contributed by atoms with van der Waals surface area (Å²) < 4.78 is 0. The van der Waals surface area contributed by atoms with Gasteiger partial charge in [-0.25, -0.2) is 4.98 Å². The molecule has 0 saturated carbocycles. The Morgan fingerprint density at radius 3 is 2.50 bits per heavy atom. The molecule has 1 rings (SSSR count). The minimum atomic E-state index is -0.921. The van der Waals surface area contributed by atoms with Crippen LogP contribution in [0.1, 0.15) is 41.9 Å². The molecule has 0 fully saturated rings. The Morgan fingerprint density at radius 2 is 2.11 bits per heavy atom. The fourth-order valence-corrected chi connectivity index (χ4v) is 2.12. The van der Waals surface area contributed by atoms with Gasteiger partial charge >= 0.3 is 5.97 Å². The van der Waals surface area contributed by atoms with Gasteiger partial charge in [0.15, 0.2) is 0 Å². The molecule has 0 aliphatic heterocycles. The number of hydrogen-bond acceptors (Lipinski definition) is 4. The van der Waals surface area contributed by atoms with Gasteiger partial charge < -0.3 is 10.4 Å². The van der Waals surface area contributed by atoms with Crippen molar-refractivity contribution < 1.29 is 14.7 Å². The molecular weight excluding hydrogens is 252 g/mol. The summed E-state index contributed by atoms with van der Waals surface area (Å²) in [6, 6.07) is -0.412. The van der Waals surface area contributed by atoms with Crippen LogP contribution in [0.4, 0.5) is 0 Å². The number of carbonyl (C=O) groups is 2. The van der Waals surface area contributed by atoms with Gasteiger partial charge in [0.05, 0.1) is 17.6 Å². The zero-order chi connectivity index (χ0) is 13.9. The van der Waals surface area contributed by atoms with Crippen LogP contribution < -0.4 is 5.32 Å². The van der Waals surface area contributed by atoms with E-state index >= 15 is 0 Å². The summed E-state index contributed by atoms with van der Waals surface area (Å²) in [6.07, 6.45) is 1.42. The molecule has 0 aliphatic rings.